The highest BCUT2D eigenvalue weighted by Gasteiger charge is 2.18. The van der Waals surface area contributed by atoms with Crippen LogP contribution in [0.4, 0.5) is 0 Å². The molecular weight excluding hydrogens is 212 g/mol. The Hall–Kier alpha value is -2.08. The van der Waals surface area contributed by atoms with E-state index in [0.29, 0.717) is 11.4 Å². The summed E-state index contributed by atoms with van der Waals surface area (Å²) < 4.78 is 10.7. The molecule has 6 heteroatoms. The second kappa shape index (κ2) is 4.19. The summed E-state index contributed by atoms with van der Waals surface area (Å²) in [4.78, 5) is 0. The molecule has 6 nitrogen and oxygen atoms in total. The van der Waals surface area contributed by atoms with Gasteiger partial charge in [-0.05, 0) is 16.8 Å². The van der Waals surface area contributed by atoms with E-state index in [1.165, 1.54) is 4.68 Å². The number of hydrogen-bond donors (Lipinski definition) is 1. The third-order valence-electron chi connectivity index (χ3n) is 2.16. The average molecular weight is 222 g/mol. The van der Waals surface area contributed by atoms with E-state index in [1.807, 2.05) is 0 Å². The maximum Gasteiger partial charge on any atom is 0.265 e. The molecular formula is C10H10N2O4. The van der Waals surface area contributed by atoms with Gasteiger partial charge in [0.2, 0.25) is 5.69 Å². The molecule has 0 aliphatic heterocycles. The Labute approximate surface area is 91.3 Å². The van der Waals surface area contributed by atoms with E-state index in [9.17, 15) is 5.11 Å². The lowest BCUT2D eigenvalue weighted by Crippen LogP contribution is -2.36. The molecule has 0 amide bonds. The molecule has 1 heterocycles. The van der Waals surface area contributed by atoms with E-state index in [2.05, 4.69) is 9.79 Å². The maximum atomic E-state index is 11.1. The number of hydrogen-bond acceptors (Lipinski definition) is 5. The number of aliphatic hydroxyl groups excluding tert-OH is 1. The van der Waals surface area contributed by atoms with E-state index in [4.69, 9.17) is 9.84 Å². The Balaban J connectivity index is 2.42. The van der Waals surface area contributed by atoms with Gasteiger partial charge < -0.3 is 19.5 Å². The molecule has 2 aromatic rings. The number of aromatic nitrogens is 2. The zero-order chi connectivity index (χ0) is 11.5. The minimum Gasteiger partial charge on any atom is -0.539 e. The largest absolute Gasteiger partial charge is 0.539 e. The van der Waals surface area contributed by atoms with Crippen LogP contribution in [-0.2, 0) is 6.61 Å². The molecule has 0 fully saturated rings. The summed E-state index contributed by atoms with van der Waals surface area (Å²) in [5.74, 6) is 0.0547. The Bertz CT molecular complexity index is 478. The second-order valence-electron chi connectivity index (χ2n) is 3.08. The van der Waals surface area contributed by atoms with Gasteiger partial charge in [-0.3, -0.25) is 0 Å². The summed E-state index contributed by atoms with van der Waals surface area (Å²) in [6.45, 7) is -0.422. The Morgan fingerprint density at radius 3 is 2.69 bits per heavy atom. The summed E-state index contributed by atoms with van der Waals surface area (Å²) in [6, 6.07) is 6.87. The first kappa shape index (κ1) is 10.4. The first-order chi connectivity index (χ1) is 7.76. The van der Waals surface area contributed by atoms with Gasteiger partial charge in [-0.15, -0.1) is 0 Å². The fourth-order valence-corrected chi connectivity index (χ4v) is 1.32. The maximum absolute atomic E-state index is 11.1. The lowest BCUT2D eigenvalue weighted by atomic mass is 10.3. The first-order valence-electron chi connectivity index (χ1n) is 4.59. The van der Waals surface area contributed by atoms with Crippen LogP contribution in [-0.4, -0.2) is 17.5 Å². The predicted molar refractivity (Wildman–Crippen MR) is 50.0 cm³/mol. The molecule has 0 saturated carbocycles. The zero-order valence-corrected chi connectivity index (χ0v) is 8.58. The molecule has 0 saturated heterocycles. The number of nitrogens with zero attached hydrogens (tertiary/aromatic N) is 2. The van der Waals surface area contributed by atoms with E-state index < -0.39 is 12.6 Å². The van der Waals surface area contributed by atoms with Gasteiger partial charge in [0.15, 0.2) is 5.95 Å². The second-order valence-corrected chi connectivity index (χ2v) is 3.08. The molecule has 0 aliphatic carbocycles. The van der Waals surface area contributed by atoms with Crippen molar-refractivity contribution in [1.29, 1.82) is 0 Å². The summed E-state index contributed by atoms with van der Waals surface area (Å²) in [5, 5.41) is 23.7. The Morgan fingerprint density at radius 2 is 2.12 bits per heavy atom. The van der Waals surface area contributed by atoms with E-state index in [1.54, 1.807) is 31.4 Å². The normalized spacial score (nSPS) is 10.4. The van der Waals surface area contributed by atoms with Gasteiger partial charge in [0.25, 0.3) is 5.69 Å². The van der Waals surface area contributed by atoms with Crippen LogP contribution in [0.5, 0.6) is 11.7 Å². The van der Waals surface area contributed by atoms with Crippen molar-refractivity contribution in [3.8, 4) is 17.4 Å². The Morgan fingerprint density at radius 1 is 1.44 bits per heavy atom. The van der Waals surface area contributed by atoms with Crippen molar-refractivity contribution in [3.63, 3.8) is 0 Å². The van der Waals surface area contributed by atoms with Crippen LogP contribution in [0.2, 0.25) is 0 Å². The number of aliphatic hydroxyl groups is 1. The number of ether oxygens (including phenoxy) is 1. The van der Waals surface area contributed by atoms with E-state index >= 15 is 0 Å². The molecule has 0 atom stereocenters. The number of methoxy groups -OCH3 is 1. The van der Waals surface area contributed by atoms with Crippen molar-refractivity contribution in [1.82, 2.24) is 5.27 Å². The molecule has 0 bridgehead atoms. The highest BCUT2D eigenvalue weighted by Crippen LogP contribution is 2.13. The van der Waals surface area contributed by atoms with Gasteiger partial charge in [0.05, 0.1) is 12.4 Å². The molecule has 1 aromatic carbocycles. The molecule has 0 spiro atoms. The molecule has 0 unspecified atom stereocenters. The lowest BCUT2D eigenvalue weighted by Gasteiger charge is -1.97. The predicted octanol–water partition coefficient (Wildman–Crippen LogP) is -0.474. The summed E-state index contributed by atoms with van der Waals surface area (Å²) in [6.07, 6.45) is 0. The fourth-order valence-electron chi connectivity index (χ4n) is 1.32. The zero-order valence-electron chi connectivity index (χ0n) is 8.58. The molecule has 1 N–H and O–H groups in total. The monoisotopic (exact) mass is 222 g/mol. The molecule has 2 rings (SSSR count). The topological polar surface area (TPSA) is 82.4 Å². The summed E-state index contributed by atoms with van der Waals surface area (Å²) in [7, 11) is 1.56. The van der Waals surface area contributed by atoms with Crippen LogP contribution in [0.25, 0.3) is 5.69 Å². The molecule has 0 aliphatic rings. The minimum absolute atomic E-state index is 0.0881. The lowest BCUT2D eigenvalue weighted by molar-refractivity contribution is -0.679. The van der Waals surface area contributed by atoms with Gasteiger partial charge in [-0.2, -0.15) is 0 Å². The first-order valence-corrected chi connectivity index (χ1v) is 4.59. The highest BCUT2D eigenvalue weighted by atomic mass is 16.6. The molecule has 16 heavy (non-hydrogen) atoms. The molecule has 1 aromatic heterocycles. The smallest absolute Gasteiger partial charge is 0.265 e. The fraction of sp³-hybridized carbons (Fsp3) is 0.200. The van der Waals surface area contributed by atoms with Crippen molar-refractivity contribution < 1.29 is 24.2 Å². The van der Waals surface area contributed by atoms with E-state index in [-0.39, 0.29) is 5.69 Å². The van der Waals surface area contributed by atoms with Gasteiger partial charge >= 0.3 is 0 Å². The average Bonchev–Trinajstić information content (AvgIpc) is 2.70. The molecule has 84 valence electrons. The highest BCUT2D eigenvalue weighted by molar-refractivity contribution is 5.31. The third kappa shape index (κ3) is 1.70. The summed E-state index contributed by atoms with van der Waals surface area (Å²) >= 11 is 0. The van der Waals surface area contributed by atoms with Gasteiger partial charge in [-0.1, -0.05) is 0 Å². The van der Waals surface area contributed by atoms with Crippen LogP contribution in [0.3, 0.4) is 0 Å². The molecule has 0 radical (unpaired) electrons. The van der Waals surface area contributed by atoms with E-state index in [0.717, 1.165) is 0 Å². The Kier molecular flexibility index (Phi) is 2.74. The van der Waals surface area contributed by atoms with Gasteiger partial charge in [0, 0.05) is 12.1 Å². The van der Waals surface area contributed by atoms with Crippen molar-refractivity contribution in [2.75, 3.05) is 7.11 Å². The van der Waals surface area contributed by atoms with Crippen LogP contribution in [0, 0.1) is 0 Å². The van der Waals surface area contributed by atoms with Crippen molar-refractivity contribution in [2.24, 2.45) is 0 Å². The van der Waals surface area contributed by atoms with Crippen LogP contribution in [0.1, 0.15) is 5.69 Å². The standard InChI is InChI=1S/C10H10N2O4/c1-15-8-4-2-7(3-5-8)12-9(6-13)10(14)16-11-12/h2-5,13H,6H2,1H3. The van der Waals surface area contributed by atoms with Gasteiger partial charge in [-0.25, -0.2) is 0 Å². The minimum atomic E-state index is -0.640. The SMILES string of the molecule is COc1ccc(-[n+]2noc([O-])c2CO)cc1. The van der Waals surface area contributed by atoms with Crippen molar-refractivity contribution >= 4 is 0 Å². The summed E-state index contributed by atoms with van der Waals surface area (Å²) in [5.41, 5.74) is 0.709. The van der Waals surface area contributed by atoms with Crippen LogP contribution in [0.15, 0.2) is 28.8 Å². The third-order valence-corrected chi connectivity index (χ3v) is 2.16. The van der Waals surface area contributed by atoms with Crippen molar-refractivity contribution in [2.45, 2.75) is 6.61 Å². The number of rotatable bonds is 3. The van der Waals surface area contributed by atoms with Gasteiger partial charge in [0.1, 0.15) is 12.4 Å². The quantitative estimate of drug-likeness (QED) is 0.709. The van der Waals surface area contributed by atoms with Crippen LogP contribution >= 0.6 is 0 Å². The van der Waals surface area contributed by atoms with Crippen molar-refractivity contribution in [3.05, 3.63) is 30.0 Å². The van der Waals surface area contributed by atoms with Crippen LogP contribution < -0.4 is 14.5 Å². The number of benzene rings is 1.